The van der Waals surface area contributed by atoms with E-state index in [0.29, 0.717) is 18.0 Å². The molecule has 0 bridgehead atoms. The first kappa shape index (κ1) is 11.5. The predicted molar refractivity (Wildman–Crippen MR) is 68.9 cm³/mol. The molecule has 0 saturated carbocycles. The number of hydrogen-bond donors (Lipinski definition) is 1. The Kier molecular flexibility index (Phi) is 2.79. The predicted octanol–water partition coefficient (Wildman–Crippen LogP) is 2.61. The van der Waals surface area contributed by atoms with Gasteiger partial charge >= 0.3 is 5.97 Å². The normalized spacial score (nSPS) is 10.9. The maximum absolute atomic E-state index is 10.7. The van der Waals surface area contributed by atoms with Crippen molar-refractivity contribution in [2.75, 3.05) is 0 Å². The van der Waals surface area contributed by atoms with Crippen molar-refractivity contribution in [3.63, 3.8) is 0 Å². The Bertz CT molecular complexity index is 713. The van der Waals surface area contributed by atoms with Gasteiger partial charge in [-0.25, -0.2) is 4.98 Å². The number of aliphatic carboxylic acids is 1. The first-order valence-electron chi connectivity index (χ1n) is 5.97. The Hall–Kier alpha value is -2.56. The lowest BCUT2D eigenvalue weighted by molar-refractivity contribution is -0.136. The van der Waals surface area contributed by atoms with Crippen LogP contribution in [0.2, 0.25) is 0 Å². The molecule has 0 radical (unpaired) electrons. The van der Waals surface area contributed by atoms with Crippen LogP contribution in [-0.4, -0.2) is 20.5 Å². The maximum atomic E-state index is 10.7. The van der Waals surface area contributed by atoms with Crippen LogP contribution >= 0.6 is 0 Å². The smallest absolute Gasteiger partial charge is 0.303 e. The topological polar surface area (TPSA) is 67.7 Å². The van der Waals surface area contributed by atoms with Crippen LogP contribution < -0.4 is 0 Å². The molecule has 0 amide bonds. The molecule has 3 aromatic heterocycles. The number of carboxylic acid groups (broad SMARTS) is 1. The highest BCUT2D eigenvalue weighted by atomic mass is 16.4. The Balaban J connectivity index is 2.11. The van der Waals surface area contributed by atoms with Gasteiger partial charge in [0.2, 0.25) is 0 Å². The van der Waals surface area contributed by atoms with Gasteiger partial charge in [0, 0.05) is 12.6 Å². The van der Waals surface area contributed by atoms with Crippen LogP contribution in [0, 0.1) is 0 Å². The number of aromatic nitrogens is 2. The van der Waals surface area contributed by atoms with Gasteiger partial charge in [-0.3, -0.25) is 9.20 Å². The summed E-state index contributed by atoms with van der Waals surface area (Å²) < 4.78 is 7.28. The molecule has 96 valence electrons. The number of aryl methyl sites for hydroxylation is 1. The van der Waals surface area contributed by atoms with E-state index in [1.54, 1.807) is 12.3 Å². The van der Waals surface area contributed by atoms with E-state index in [-0.39, 0.29) is 6.42 Å². The van der Waals surface area contributed by atoms with Crippen molar-refractivity contribution in [3.8, 4) is 11.6 Å². The minimum Gasteiger partial charge on any atom is -0.481 e. The summed E-state index contributed by atoms with van der Waals surface area (Å²) in [5, 5.41) is 8.78. The maximum Gasteiger partial charge on any atom is 0.303 e. The Morgan fingerprint density at radius 1 is 1.32 bits per heavy atom. The summed E-state index contributed by atoms with van der Waals surface area (Å²) in [6.45, 7) is 0. The fraction of sp³-hybridized carbons (Fsp3) is 0.143. The summed E-state index contributed by atoms with van der Waals surface area (Å²) in [7, 11) is 0. The van der Waals surface area contributed by atoms with Gasteiger partial charge < -0.3 is 9.52 Å². The quantitative estimate of drug-likeness (QED) is 0.779. The molecule has 0 spiro atoms. The van der Waals surface area contributed by atoms with Crippen LogP contribution in [0.25, 0.3) is 17.1 Å². The minimum atomic E-state index is -0.823. The lowest BCUT2D eigenvalue weighted by atomic mass is 10.2. The van der Waals surface area contributed by atoms with E-state index < -0.39 is 5.97 Å². The minimum absolute atomic E-state index is 0.0686. The lowest BCUT2D eigenvalue weighted by Crippen LogP contribution is -1.98. The summed E-state index contributed by atoms with van der Waals surface area (Å²) >= 11 is 0. The second-order valence-corrected chi connectivity index (χ2v) is 4.21. The van der Waals surface area contributed by atoms with Gasteiger partial charge in [0.25, 0.3) is 0 Å². The molecule has 3 aromatic rings. The summed E-state index contributed by atoms with van der Waals surface area (Å²) in [5.74, 6) is 0.542. The number of rotatable bonds is 4. The number of hydrogen-bond acceptors (Lipinski definition) is 3. The molecule has 3 rings (SSSR count). The van der Waals surface area contributed by atoms with Crippen molar-refractivity contribution in [1.29, 1.82) is 0 Å². The largest absolute Gasteiger partial charge is 0.481 e. The molecule has 0 unspecified atom stereocenters. The van der Waals surface area contributed by atoms with Gasteiger partial charge in [-0.05, 0) is 24.3 Å². The van der Waals surface area contributed by atoms with Crippen LogP contribution in [0.15, 0.2) is 47.2 Å². The highest BCUT2D eigenvalue weighted by Gasteiger charge is 2.14. The molecule has 0 aliphatic carbocycles. The van der Waals surface area contributed by atoms with Gasteiger partial charge in [-0.15, -0.1) is 0 Å². The molecule has 3 heterocycles. The number of pyridine rings is 1. The number of imidazole rings is 1. The third-order valence-corrected chi connectivity index (χ3v) is 2.94. The summed E-state index contributed by atoms with van der Waals surface area (Å²) in [4.78, 5) is 15.2. The van der Waals surface area contributed by atoms with Gasteiger partial charge in [-0.1, -0.05) is 6.07 Å². The summed E-state index contributed by atoms with van der Waals surface area (Å²) in [5.41, 5.74) is 1.68. The van der Waals surface area contributed by atoms with Crippen LogP contribution in [0.3, 0.4) is 0 Å². The number of fused-ring (bicyclic) bond motifs is 1. The van der Waals surface area contributed by atoms with Crippen molar-refractivity contribution < 1.29 is 14.3 Å². The van der Waals surface area contributed by atoms with E-state index >= 15 is 0 Å². The molecule has 0 aromatic carbocycles. The molecule has 0 fully saturated rings. The van der Waals surface area contributed by atoms with Crippen molar-refractivity contribution in [1.82, 2.24) is 9.38 Å². The van der Waals surface area contributed by atoms with Gasteiger partial charge in [0.05, 0.1) is 23.9 Å². The van der Waals surface area contributed by atoms with Gasteiger partial charge in [-0.2, -0.15) is 0 Å². The van der Waals surface area contributed by atoms with E-state index in [1.165, 1.54) is 0 Å². The van der Waals surface area contributed by atoms with E-state index in [9.17, 15) is 4.79 Å². The summed E-state index contributed by atoms with van der Waals surface area (Å²) in [6, 6.07) is 9.38. The first-order valence-corrected chi connectivity index (χ1v) is 5.97. The van der Waals surface area contributed by atoms with Crippen molar-refractivity contribution in [2.24, 2.45) is 0 Å². The molecular formula is C14H12N2O3. The zero-order valence-corrected chi connectivity index (χ0v) is 10.1. The molecular weight excluding hydrogens is 244 g/mol. The molecule has 5 heteroatoms. The summed E-state index contributed by atoms with van der Waals surface area (Å²) in [6.07, 6.45) is 3.96. The average molecular weight is 256 g/mol. The van der Waals surface area contributed by atoms with Crippen LogP contribution in [0.1, 0.15) is 12.1 Å². The Labute approximate surface area is 109 Å². The second-order valence-electron chi connectivity index (χ2n) is 4.21. The number of carboxylic acids is 1. The molecule has 1 N–H and O–H groups in total. The fourth-order valence-corrected chi connectivity index (χ4v) is 2.09. The molecule has 0 aliphatic rings. The van der Waals surface area contributed by atoms with Crippen molar-refractivity contribution in [3.05, 3.63) is 48.5 Å². The van der Waals surface area contributed by atoms with Crippen LogP contribution in [0.5, 0.6) is 0 Å². The zero-order valence-electron chi connectivity index (χ0n) is 10.1. The average Bonchev–Trinajstić information content (AvgIpc) is 3.03. The standard InChI is InChI=1S/C14H12N2O3/c17-13(18)7-6-10-11-4-1-2-8-16(11)14(15-10)12-5-3-9-19-12/h1-5,8-9H,6-7H2,(H,17,18). The number of carbonyl (C=O) groups is 1. The molecule has 0 saturated heterocycles. The highest BCUT2D eigenvalue weighted by molar-refractivity contribution is 5.68. The van der Waals surface area contributed by atoms with Gasteiger partial charge in [0.15, 0.2) is 11.6 Å². The van der Waals surface area contributed by atoms with Gasteiger partial charge in [0.1, 0.15) is 0 Å². The van der Waals surface area contributed by atoms with Crippen LogP contribution in [-0.2, 0) is 11.2 Å². The zero-order chi connectivity index (χ0) is 13.2. The molecule has 0 aliphatic heterocycles. The number of furan rings is 1. The van der Waals surface area contributed by atoms with E-state index in [4.69, 9.17) is 9.52 Å². The van der Waals surface area contributed by atoms with E-state index in [2.05, 4.69) is 4.98 Å². The monoisotopic (exact) mass is 256 g/mol. The third-order valence-electron chi connectivity index (χ3n) is 2.94. The van der Waals surface area contributed by atoms with Crippen LogP contribution in [0.4, 0.5) is 0 Å². The lowest BCUT2D eigenvalue weighted by Gasteiger charge is -1.97. The molecule has 0 atom stereocenters. The fourth-order valence-electron chi connectivity index (χ4n) is 2.09. The second kappa shape index (κ2) is 4.61. The Morgan fingerprint density at radius 3 is 2.95 bits per heavy atom. The van der Waals surface area contributed by atoms with E-state index in [1.807, 2.05) is 34.9 Å². The van der Waals surface area contributed by atoms with E-state index in [0.717, 1.165) is 11.2 Å². The first-order chi connectivity index (χ1) is 9.25. The number of nitrogens with zero attached hydrogens (tertiary/aromatic N) is 2. The Morgan fingerprint density at radius 2 is 2.21 bits per heavy atom. The third kappa shape index (κ3) is 2.10. The van der Waals surface area contributed by atoms with Crippen molar-refractivity contribution in [2.45, 2.75) is 12.8 Å². The SMILES string of the molecule is O=C(O)CCc1nc(-c2ccco2)n2ccccc12. The molecule has 19 heavy (non-hydrogen) atoms. The highest BCUT2D eigenvalue weighted by Crippen LogP contribution is 2.23. The molecule has 5 nitrogen and oxygen atoms in total. The van der Waals surface area contributed by atoms with Crippen molar-refractivity contribution >= 4 is 11.5 Å².